The normalized spacial score (nSPS) is 21.9. The summed E-state index contributed by atoms with van der Waals surface area (Å²) >= 11 is 0. The third-order valence-electron chi connectivity index (χ3n) is 12.0. The Morgan fingerprint density at radius 2 is 1.53 bits per heavy atom. The van der Waals surface area contributed by atoms with Crippen molar-refractivity contribution in [2.75, 3.05) is 28.3 Å². The van der Waals surface area contributed by atoms with Crippen LogP contribution in [0.15, 0.2) is 24.3 Å². The van der Waals surface area contributed by atoms with Crippen molar-refractivity contribution in [3.05, 3.63) is 35.6 Å². The highest BCUT2D eigenvalue weighted by Gasteiger charge is 2.57. The van der Waals surface area contributed by atoms with E-state index in [1.54, 1.807) is 72.0 Å². The SMILES string of the molecule is CC[C@H](C)[C@@H]([C@@H](CC(=O)N1[C@H]2C[C@H]2C[C@H]1[C@H](OC)[C@@H](C)C(=O)NC(Cc1ccccc1F)C(=O)OC(C)(C)C)OC)N(C)C(=O)C(NC(=O)C(NC)C(C)C)C(C)C. The second-order valence-corrected chi connectivity index (χ2v) is 18.1. The zero-order valence-corrected chi connectivity index (χ0v) is 37.4. The summed E-state index contributed by atoms with van der Waals surface area (Å²) in [6.07, 6.45) is 0.672. The molecule has 2 aliphatic rings. The molecule has 14 heteroatoms. The van der Waals surface area contributed by atoms with Crippen molar-refractivity contribution in [1.82, 2.24) is 25.8 Å². The van der Waals surface area contributed by atoms with E-state index in [1.165, 1.54) is 13.2 Å². The zero-order valence-electron chi connectivity index (χ0n) is 37.4. The lowest BCUT2D eigenvalue weighted by atomic mass is 9.89. The van der Waals surface area contributed by atoms with E-state index in [2.05, 4.69) is 16.0 Å². The van der Waals surface area contributed by atoms with E-state index in [9.17, 15) is 28.4 Å². The summed E-state index contributed by atoms with van der Waals surface area (Å²) in [4.78, 5) is 72.8. The minimum atomic E-state index is -1.17. The number of carbonyl (C=O) groups excluding carboxylic acids is 5. The minimum Gasteiger partial charge on any atom is -0.458 e. The van der Waals surface area contributed by atoms with Crippen molar-refractivity contribution < 1.29 is 42.6 Å². The number of methoxy groups -OCH3 is 2. The second-order valence-electron chi connectivity index (χ2n) is 18.1. The number of esters is 1. The van der Waals surface area contributed by atoms with Crippen LogP contribution in [0.4, 0.5) is 4.39 Å². The fraction of sp³-hybridized carbons (Fsp3) is 0.750. The number of hydrogen-bond acceptors (Lipinski definition) is 9. The fourth-order valence-corrected chi connectivity index (χ4v) is 8.50. The zero-order chi connectivity index (χ0) is 43.8. The highest BCUT2D eigenvalue weighted by atomic mass is 19.1. The van der Waals surface area contributed by atoms with Crippen LogP contribution in [0.25, 0.3) is 0 Å². The van der Waals surface area contributed by atoms with Gasteiger partial charge in [-0.15, -0.1) is 0 Å². The van der Waals surface area contributed by atoms with Gasteiger partial charge in [-0.1, -0.05) is 73.1 Å². The van der Waals surface area contributed by atoms with E-state index in [-0.39, 0.29) is 65.8 Å². The number of amides is 4. The average Bonchev–Trinajstić information content (AvgIpc) is 3.81. The van der Waals surface area contributed by atoms with Crippen LogP contribution in [0.3, 0.4) is 0 Å². The number of rotatable bonds is 21. The molecule has 328 valence electrons. The number of benzene rings is 1. The number of halogens is 1. The van der Waals surface area contributed by atoms with Crippen LogP contribution in [0.5, 0.6) is 0 Å². The molecule has 0 spiro atoms. The molecule has 2 fully saturated rings. The van der Waals surface area contributed by atoms with Gasteiger partial charge in [-0.2, -0.15) is 0 Å². The molecule has 13 nitrogen and oxygen atoms in total. The highest BCUT2D eigenvalue weighted by Crippen LogP contribution is 2.50. The summed E-state index contributed by atoms with van der Waals surface area (Å²) in [5.41, 5.74) is -0.580. The number of carbonyl (C=O) groups is 5. The maximum Gasteiger partial charge on any atom is 0.329 e. The summed E-state index contributed by atoms with van der Waals surface area (Å²) < 4.78 is 32.4. The molecule has 3 unspecified atom stereocenters. The van der Waals surface area contributed by atoms with Gasteiger partial charge in [0.1, 0.15) is 23.5 Å². The summed E-state index contributed by atoms with van der Waals surface area (Å²) in [6, 6.07) is 2.72. The Morgan fingerprint density at radius 1 is 0.914 bits per heavy atom. The standard InChI is InChI=1S/C44H72FN5O8/c1-15-26(6)38(49(12)42(54)37(25(4)5)48-41(53)36(46-11)24(2)3)34(56-13)23-35(51)50-32-21-29(32)22-33(50)39(57-14)27(7)40(52)47-31(43(55)58-44(8,9)10)20-28-18-16-17-19-30(28)45/h16-19,24-27,29,31-34,36-39,46H,15,20-23H2,1-14H3,(H,47,52)(H,48,53)/t26-,27+,29-,31?,32-,33-,34+,36?,37?,38-,39+/m0/s1. The second kappa shape index (κ2) is 21.1. The van der Waals surface area contributed by atoms with Gasteiger partial charge in [0, 0.05) is 33.7 Å². The van der Waals surface area contributed by atoms with Crippen molar-refractivity contribution in [2.45, 2.75) is 155 Å². The van der Waals surface area contributed by atoms with Gasteiger partial charge in [0.05, 0.1) is 42.7 Å². The van der Waals surface area contributed by atoms with Crippen molar-refractivity contribution in [3.63, 3.8) is 0 Å². The number of likely N-dealkylation sites (N-methyl/N-ethyl adjacent to an activating group) is 2. The van der Waals surface area contributed by atoms with Crippen LogP contribution in [0.1, 0.15) is 100 Å². The van der Waals surface area contributed by atoms with E-state index in [0.717, 1.165) is 6.42 Å². The number of ether oxygens (including phenoxy) is 3. The maximum absolute atomic E-state index is 14.7. The Morgan fingerprint density at radius 3 is 2.05 bits per heavy atom. The highest BCUT2D eigenvalue weighted by molar-refractivity contribution is 5.90. The molecule has 11 atom stereocenters. The molecule has 0 radical (unpaired) electrons. The van der Waals surface area contributed by atoms with E-state index in [0.29, 0.717) is 12.8 Å². The van der Waals surface area contributed by atoms with E-state index >= 15 is 0 Å². The molecular formula is C44H72FN5O8. The van der Waals surface area contributed by atoms with E-state index in [4.69, 9.17) is 14.2 Å². The van der Waals surface area contributed by atoms with Gasteiger partial charge in [-0.05, 0) is 76.0 Å². The molecule has 3 N–H and O–H groups in total. The first-order valence-corrected chi connectivity index (χ1v) is 21.0. The van der Waals surface area contributed by atoms with Crippen LogP contribution in [0.2, 0.25) is 0 Å². The van der Waals surface area contributed by atoms with E-state index < -0.39 is 71.6 Å². The van der Waals surface area contributed by atoms with Gasteiger partial charge in [0.2, 0.25) is 23.6 Å². The molecule has 1 saturated heterocycles. The summed E-state index contributed by atoms with van der Waals surface area (Å²) in [6.45, 7) is 18.6. The quantitative estimate of drug-likeness (QED) is 0.152. The van der Waals surface area contributed by atoms with Gasteiger partial charge in [0.15, 0.2) is 0 Å². The van der Waals surface area contributed by atoms with Crippen LogP contribution >= 0.6 is 0 Å². The summed E-state index contributed by atoms with van der Waals surface area (Å²) in [5, 5.41) is 8.84. The molecule has 1 aromatic carbocycles. The smallest absolute Gasteiger partial charge is 0.329 e. The maximum atomic E-state index is 14.7. The molecule has 3 rings (SSSR count). The topological polar surface area (TPSA) is 156 Å². The van der Waals surface area contributed by atoms with E-state index in [1.807, 2.05) is 46.4 Å². The predicted octanol–water partition coefficient (Wildman–Crippen LogP) is 4.50. The average molecular weight is 818 g/mol. The van der Waals surface area contributed by atoms with Crippen LogP contribution in [-0.4, -0.2) is 122 Å². The first kappa shape index (κ1) is 48.7. The molecule has 1 aliphatic carbocycles. The molecule has 4 amide bonds. The number of nitrogens with zero attached hydrogens (tertiary/aromatic N) is 2. The third-order valence-corrected chi connectivity index (χ3v) is 12.0. The Labute approximate surface area is 346 Å². The molecule has 0 aromatic heterocycles. The van der Waals surface area contributed by atoms with Gasteiger partial charge < -0.3 is 40.0 Å². The largest absolute Gasteiger partial charge is 0.458 e. The Bertz CT molecular complexity index is 1570. The summed E-state index contributed by atoms with van der Waals surface area (Å²) in [7, 11) is 6.48. The molecule has 1 aliphatic heterocycles. The van der Waals surface area contributed by atoms with Crippen molar-refractivity contribution in [1.29, 1.82) is 0 Å². The Balaban J connectivity index is 1.84. The van der Waals surface area contributed by atoms with Crippen LogP contribution < -0.4 is 16.0 Å². The number of nitrogens with one attached hydrogen (secondary N) is 3. The lowest BCUT2D eigenvalue weighted by Crippen LogP contribution is -2.59. The molecule has 1 heterocycles. The van der Waals surface area contributed by atoms with Gasteiger partial charge in [-0.25, -0.2) is 9.18 Å². The number of piperidine rings is 1. The van der Waals surface area contributed by atoms with Crippen molar-refractivity contribution in [2.24, 2.45) is 29.6 Å². The van der Waals surface area contributed by atoms with Gasteiger partial charge >= 0.3 is 5.97 Å². The molecule has 0 bridgehead atoms. The predicted molar refractivity (Wildman–Crippen MR) is 221 cm³/mol. The minimum absolute atomic E-state index is 0.0117. The third kappa shape index (κ3) is 12.2. The Kier molecular flexibility index (Phi) is 17.7. The first-order chi connectivity index (χ1) is 27.1. The Hall–Kier alpha value is -3.62. The number of likely N-dealkylation sites (tertiary alicyclic amines) is 1. The number of hydrogen-bond donors (Lipinski definition) is 3. The lowest BCUT2D eigenvalue weighted by molar-refractivity contribution is -0.159. The van der Waals surface area contributed by atoms with Crippen molar-refractivity contribution >= 4 is 29.6 Å². The molecule has 1 saturated carbocycles. The monoisotopic (exact) mass is 818 g/mol. The number of fused-ring (bicyclic) bond motifs is 1. The van der Waals surface area contributed by atoms with Crippen LogP contribution in [0, 0.1) is 35.4 Å². The first-order valence-electron chi connectivity index (χ1n) is 21.0. The molecule has 1 aromatic rings. The van der Waals surface area contributed by atoms with Gasteiger partial charge in [0.25, 0.3) is 0 Å². The lowest BCUT2D eigenvalue weighted by Gasteiger charge is -2.41. The molecule has 58 heavy (non-hydrogen) atoms. The molecular weight excluding hydrogens is 746 g/mol. The fourth-order valence-electron chi connectivity index (χ4n) is 8.50. The van der Waals surface area contributed by atoms with Crippen LogP contribution in [-0.2, 0) is 44.6 Å². The van der Waals surface area contributed by atoms with Gasteiger partial charge in [-0.3, -0.25) is 19.2 Å². The van der Waals surface area contributed by atoms with Crippen molar-refractivity contribution in [3.8, 4) is 0 Å². The summed E-state index contributed by atoms with van der Waals surface area (Å²) in [5.74, 6) is -3.14.